The van der Waals surface area contributed by atoms with Crippen molar-refractivity contribution in [2.45, 2.75) is 24.8 Å². The van der Waals surface area contributed by atoms with Gasteiger partial charge in [-0.3, -0.25) is 9.59 Å². The molecule has 1 N–H and O–H groups in total. The Morgan fingerprint density at radius 2 is 2.10 bits per heavy atom. The summed E-state index contributed by atoms with van der Waals surface area (Å²) < 4.78 is 0. The van der Waals surface area contributed by atoms with E-state index in [-0.39, 0.29) is 23.9 Å². The number of amides is 2. The second-order valence-corrected chi connectivity index (χ2v) is 7.02. The molecule has 0 aromatic heterocycles. The number of hydrogen-bond donors (Lipinski definition) is 1. The van der Waals surface area contributed by atoms with Crippen LogP contribution in [0.4, 0.5) is 0 Å². The van der Waals surface area contributed by atoms with Gasteiger partial charge >= 0.3 is 0 Å². The molecule has 5 nitrogen and oxygen atoms in total. The third kappa shape index (κ3) is 2.04. The van der Waals surface area contributed by atoms with Crippen LogP contribution < -0.4 is 5.32 Å². The minimum absolute atomic E-state index is 0.00481. The topological polar surface area (TPSA) is 52.7 Å². The molecule has 0 aromatic rings. The van der Waals surface area contributed by atoms with Crippen LogP contribution >= 0.6 is 0 Å². The predicted octanol–water partition coefficient (Wildman–Crippen LogP) is -0.0147. The number of carbonyl (C=O) groups is 2. The lowest BCUT2D eigenvalue weighted by molar-refractivity contribution is -0.134. The first-order chi connectivity index (χ1) is 9.62. The fraction of sp³-hybridized carbons (Fsp3) is 0.733. The number of nitrogens with one attached hydrogen (secondary N) is 1. The summed E-state index contributed by atoms with van der Waals surface area (Å²) >= 11 is 0. The molecule has 2 amide bonds. The summed E-state index contributed by atoms with van der Waals surface area (Å²) in [5.41, 5.74) is -0.0165. The Balaban J connectivity index is 1.41. The average molecular weight is 275 g/mol. The molecule has 3 saturated heterocycles. The second-order valence-electron chi connectivity index (χ2n) is 7.02. The van der Waals surface area contributed by atoms with Crippen molar-refractivity contribution in [2.75, 3.05) is 32.7 Å². The predicted molar refractivity (Wildman–Crippen MR) is 73.9 cm³/mol. The maximum atomic E-state index is 12.3. The van der Waals surface area contributed by atoms with E-state index >= 15 is 0 Å². The monoisotopic (exact) mass is 275 g/mol. The molecule has 4 bridgehead atoms. The van der Waals surface area contributed by atoms with Crippen molar-refractivity contribution in [1.29, 1.82) is 0 Å². The molecule has 1 saturated carbocycles. The van der Waals surface area contributed by atoms with Gasteiger partial charge in [0.1, 0.15) is 6.54 Å². The SMILES string of the molecule is O=C(CN1CC=CC1=O)NC12CC3CC(CN(C3)C1)C2. The normalized spacial score (nSPS) is 41.5. The second kappa shape index (κ2) is 4.32. The van der Waals surface area contributed by atoms with E-state index in [0.29, 0.717) is 6.54 Å². The Hall–Kier alpha value is -1.36. The Morgan fingerprint density at radius 3 is 2.70 bits per heavy atom. The summed E-state index contributed by atoms with van der Waals surface area (Å²) in [6.07, 6.45) is 6.94. The smallest absolute Gasteiger partial charge is 0.247 e. The van der Waals surface area contributed by atoms with Crippen molar-refractivity contribution in [3.63, 3.8) is 0 Å². The summed E-state index contributed by atoms with van der Waals surface area (Å²) in [7, 11) is 0. The third-order valence-corrected chi connectivity index (χ3v) is 5.22. The lowest BCUT2D eigenvalue weighted by Crippen LogP contribution is -2.69. The van der Waals surface area contributed by atoms with Crippen LogP contribution in [0.25, 0.3) is 0 Å². The number of rotatable bonds is 3. The first kappa shape index (κ1) is 12.4. The molecule has 108 valence electrons. The zero-order chi connectivity index (χ0) is 13.7. The van der Waals surface area contributed by atoms with Crippen LogP contribution in [-0.2, 0) is 9.59 Å². The maximum Gasteiger partial charge on any atom is 0.247 e. The molecule has 0 spiro atoms. The van der Waals surface area contributed by atoms with Crippen LogP contribution in [0.1, 0.15) is 19.3 Å². The number of piperidine rings is 3. The highest BCUT2D eigenvalue weighted by molar-refractivity contribution is 5.93. The minimum atomic E-state index is -0.0468. The van der Waals surface area contributed by atoms with Gasteiger partial charge < -0.3 is 15.1 Å². The Morgan fingerprint density at radius 1 is 1.35 bits per heavy atom. The molecule has 5 aliphatic rings. The third-order valence-electron chi connectivity index (χ3n) is 5.22. The molecule has 5 rings (SSSR count). The van der Waals surface area contributed by atoms with E-state index in [1.807, 2.05) is 6.08 Å². The lowest BCUT2D eigenvalue weighted by Gasteiger charge is -2.58. The Labute approximate surface area is 119 Å². The zero-order valence-corrected chi connectivity index (χ0v) is 11.7. The highest BCUT2D eigenvalue weighted by atomic mass is 16.2. The van der Waals surface area contributed by atoms with Gasteiger partial charge in [0.2, 0.25) is 11.8 Å². The van der Waals surface area contributed by atoms with Crippen molar-refractivity contribution < 1.29 is 9.59 Å². The summed E-state index contributed by atoms with van der Waals surface area (Å²) in [5.74, 6) is 1.47. The van der Waals surface area contributed by atoms with E-state index in [1.165, 1.54) is 19.5 Å². The minimum Gasteiger partial charge on any atom is -0.348 e. The number of nitrogens with zero attached hydrogens (tertiary/aromatic N) is 2. The maximum absolute atomic E-state index is 12.3. The summed E-state index contributed by atoms with van der Waals surface area (Å²) in [5, 5.41) is 3.27. The largest absolute Gasteiger partial charge is 0.348 e. The van der Waals surface area contributed by atoms with Gasteiger partial charge in [0.05, 0.1) is 5.54 Å². The lowest BCUT2D eigenvalue weighted by atomic mass is 9.64. The van der Waals surface area contributed by atoms with Crippen LogP contribution in [0.5, 0.6) is 0 Å². The molecular formula is C15H21N3O2. The van der Waals surface area contributed by atoms with E-state index < -0.39 is 0 Å². The summed E-state index contributed by atoms with van der Waals surface area (Å²) in [6, 6.07) is 0. The van der Waals surface area contributed by atoms with E-state index in [0.717, 1.165) is 31.2 Å². The van der Waals surface area contributed by atoms with Crippen LogP contribution in [0, 0.1) is 11.8 Å². The van der Waals surface area contributed by atoms with Crippen LogP contribution in [0.2, 0.25) is 0 Å². The first-order valence-electron chi connectivity index (χ1n) is 7.61. The van der Waals surface area contributed by atoms with Crippen LogP contribution in [0.15, 0.2) is 12.2 Å². The number of hydrogen-bond acceptors (Lipinski definition) is 3. The van der Waals surface area contributed by atoms with Crippen molar-refractivity contribution in [3.05, 3.63) is 12.2 Å². The fourth-order valence-electron chi connectivity index (χ4n) is 4.86. The van der Waals surface area contributed by atoms with Gasteiger partial charge in [-0.25, -0.2) is 0 Å². The standard InChI is InChI=1S/C15H21N3O2/c19-13(9-18-3-1-2-14(18)20)16-15-5-11-4-12(6-15)8-17(7-11)10-15/h1-2,11-12H,3-10H2,(H,16,19). The van der Waals surface area contributed by atoms with E-state index in [4.69, 9.17) is 0 Å². The molecule has 2 atom stereocenters. The molecule has 2 unspecified atom stereocenters. The Kier molecular flexibility index (Phi) is 2.67. The van der Waals surface area contributed by atoms with Gasteiger partial charge in [-0.05, 0) is 31.1 Å². The molecule has 20 heavy (non-hydrogen) atoms. The van der Waals surface area contributed by atoms with Crippen molar-refractivity contribution >= 4 is 11.8 Å². The van der Waals surface area contributed by atoms with Gasteiger partial charge in [-0.15, -0.1) is 0 Å². The van der Waals surface area contributed by atoms with Gasteiger partial charge in [0, 0.05) is 32.3 Å². The van der Waals surface area contributed by atoms with Crippen LogP contribution in [0.3, 0.4) is 0 Å². The molecule has 4 fully saturated rings. The highest BCUT2D eigenvalue weighted by Crippen LogP contribution is 2.45. The van der Waals surface area contributed by atoms with Gasteiger partial charge in [0.15, 0.2) is 0 Å². The highest BCUT2D eigenvalue weighted by Gasteiger charge is 2.50. The first-order valence-corrected chi connectivity index (χ1v) is 7.61. The fourth-order valence-corrected chi connectivity index (χ4v) is 4.86. The van der Waals surface area contributed by atoms with Gasteiger partial charge in [0.25, 0.3) is 0 Å². The summed E-state index contributed by atoms with van der Waals surface area (Å²) in [4.78, 5) is 27.9. The van der Waals surface area contributed by atoms with Crippen molar-refractivity contribution in [2.24, 2.45) is 11.8 Å². The van der Waals surface area contributed by atoms with E-state index in [2.05, 4.69) is 10.2 Å². The van der Waals surface area contributed by atoms with E-state index in [9.17, 15) is 9.59 Å². The van der Waals surface area contributed by atoms with Gasteiger partial charge in [-0.1, -0.05) is 6.08 Å². The van der Waals surface area contributed by atoms with Gasteiger partial charge in [-0.2, -0.15) is 0 Å². The molecule has 4 aliphatic heterocycles. The molecular weight excluding hydrogens is 254 g/mol. The van der Waals surface area contributed by atoms with E-state index in [1.54, 1.807) is 11.0 Å². The average Bonchev–Trinajstić information content (AvgIpc) is 2.72. The zero-order valence-electron chi connectivity index (χ0n) is 11.7. The van der Waals surface area contributed by atoms with Crippen LogP contribution in [-0.4, -0.2) is 59.9 Å². The molecule has 1 aliphatic carbocycles. The van der Waals surface area contributed by atoms with Crippen molar-refractivity contribution in [3.8, 4) is 0 Å². The molecule has 0 radical (unpaired) electrons. The number of carbonyl (C=O) groups excluding carboxylic acids is 2. The Bertz CT molecular complexity index is 450. The van der Waals surface area contributed by atoms with Crippen molar-refractivity contribution in [1.82, 2.24) is 15.1 Å². The molecule has 0 aromatic carbocycles. The summed E-state index contributed by atoms with van der Waals surface area (Å²) in [6.45, 7) is 4.18. The molecule has 5 heteroatoms. The quantitative estimate of drug-likeness (QED) is 0.788. The molecule has 4 heterocycles.